The third-order valence-electron chi connectivity index (χ3n) is 1.94. The number of rotatable bonds is 4. The van der Waals surface area contributed by atoms with Crippen molar-refractivity contribution in [3.8, 4) is 0 Å². The summed E-state index contributed by atoms with van der Waals surface area (Å²) in [5.41, 5.74) is -0.421. The van der Waals surface area contributed by atoms with E-state index in [-0.39, 0.29) is 6.61 Å². The van der Waals surface area contributed by atoms with Crippen molar-refractivity contribution in [2.45, 2.75) is 6.92 Å². The van der Waals surface area contributed by atoms with Crippen molar-refractivity contribution in [3.05, 3.63) is 35.1 Å². The number of ether oxygens (including phenoxy) is 1. The molecule has 0 aliphatic heterocycles. The highest BCUT2D eigenvalue weighted by Crippen LogP contribution is 2.13. The molecule has 0 spiro atoms. The molecule has 7 heteroatoms. The fourth-order valence-electron chi connectivity index (χ4n) is 1.15. The van der Waals surface area contributed by atoms with Gasteiger partial charge in [-0.25, -0.2) is 13.2 Å². The van der Waals surface area contributed by atoms with Gasteiger partial charge in [-0.05, 0) is 19.1 Å². The van der Waals surface area contributed by atoms with Gasteiger partial charge in [-0.3, -0.25) is 9.59 Å². The van der Waals surface area contributed by atoms with Gasteiger partial charge in [-0.15, -0.1) is 0 Å². The Hall–Kier alpha value is -2.05. The molecule has 0 aliphatic carbocycles. The SMILES string of the molecule is CCOC(=O)CNC(=O)c1cc(F)c(F)c(F)c1. The number of carbonyl (C=O) groups is 2. The van der Waals surface area contributed by atoms with Gasteiger partial charge in [0, 0.05) is 5.56 Å². The second kappa shape index (κ2) is 6.04. The van der Waals surface area contributed by atoms with E-state index in [1.165, 1.54) is 0 Å². The fourth-order valence-corrected chi connectivity index (χ4v) is 1.15. The Labute approximate surface area is 101 Å². The van der Waals surface area contributed by atoms with Gasteiger partial charge in [0.2, 0.25) is 0 Å². The molecule has 0 fully saturated rings. The lowest BCUT2D eigenvalue weighted by Crippen LogP contribution is -2.30. The molecule has 1 aromatic rings. The van der Waals surface area contributed by atoms with Gasteiger partial charge in [0.05, 0.1) is 6.61 Å². The minimum absolute atomic E-state index is 0.147. The maximum absolute atomic E-state index is 12.8. The molecule has 98 valence electrons. The van der Waals surface area contributed by atoms with Crippen molar-refractivity contribution < 1.29 is 27.5 Å². The predicted molar refractivity (Wildman–Crippen MR) is 55.3 cm³/mol. The molecule has 0 saturated carbocycles. The summed E-state index contributed by atoms with van der Waals surface area (Å²) in [6.45, 7) is 1.30. The molecule has 0 bridgehead atoms. The molecular formula is C11H10F3NO3. The Morgan fingerprint density at radius 3 is 2.28 bits per heavy atom. The van der Waals surface area contributed by atoms with Gasteiger partial charge < -0.3 is 10.1 Å². The molecule has 1 N–H and O–H groups in total. The normalized spacial score (nSPS) is 10.0. The van der Waals surface area contributed by atoms with Crippen molar-refractivity contribution in [3.63, 3.8) is 0 Å². The number of amides is 1. The third kappa shape index (κ3) is 3.47. The van der Waals surface area contributed by atoms with E-state index in [0.29, 0.717) is 12.1 Å². The molecule has 1 rings (SSSR count). The minimum atomic E-state index is -1.66. The fraction of sp³-hybridized carbons (Fsp3) is 0.273. The lowest BCUT2D eigenvalue weighted by molar-refractivity contribution is -0.141. The zero-order valence-electron chi connectivity index (χ0n) is 9.43. The number of hydrogen-bond donors (Lipinski definition) is 1. The maximum atomic E-state index is 12.8. The van der Waals surface area contributed by atoms with Crippen LogP contribution in [0.1, 0.15) is 17.3 Å². The van der Waals surface area contributed by atoms with Crippen molar-refractivity contribution in [1.82, 2.24) is 5.32 Å². The van der Waals surface area contributed by atoms with E-state index < -0.39 is 41.4 Å². The highest BCUT2D eigenvalue weighted by atomic mass is 19.2. The van der Waals surface area contributed by atoms with Crippen molar-refractivity contribution in [2.24, 2.45) is 0 Å². The van der Waals surface area contributed by atoms with Gasteiger partial charge in [0.1, 0.15) is 6.54 Å². The lowest BCUT2D eigenvalue weighted by Gasteiger charge is -2.05. The standard InChI is InChI=1S/C11H10F3NO3/c1-2-18-9(16)5-15-11(17)6-3-7(12)10(14)8(13)4-6/h3-4H,2,5H2,1H3,(H,15,17). The predicted octanol–water partition coefficient (Wildman–Crippen LogP) is 1.40. The first kappa shape index (κ1) is 14.0. The van der Waals surface area contributed by atoms with Gasteiger partial charge in [-0.2, -0.15) is 0 Å². The largest absolute Gasteiger partial charge is 0.465 e. The van der Waals surface area contributed by atoms with Crippen molar-refractivity contribution >= 4 is 11.9 Å². The Bertz CT molecular complexity index is 454. The number of esters is 1. The Morgan fingerprint density at radius 2 is 1.78 bits per heavy atom. The summed E-state index contributed by atoms with van der Waals surface area (Å²) in [6.07, 6.45) is 0. The van der Waals surface area contributed by atoms with E-state index in [0.717, 1.165) is 0 Å². The molecule has 1 amide bonds. The van der Waals surface area contributed by atoms with E-state index in [9.17, 15) is 22.8 Å². The average Bonchev–Trinajstić information content (AvgIpc) is 2.32. The highest BCUT2D eigenvalue weighted by Gasteiger charge is 2.15. The second-order valence-corrected chi connectivity index (χ2v) is 3.24. The van der Waals surface area contributed by atoms with Gasteiger partial charge in [0.25, 0.3) is 5.91 Å². The summed E-state index contributed by atoms with van der Waals surface area (Å²) in [6, 6.07) is 1.08. The van der Waals surface area contributed by atoms with Crippen molar-refractivity contribution in [2.75, 3.05) is 13.2 Å². The van der Waals surface area contributed by atoms with Gasteiger partial charge >= 0.3 is 5.97 Å². The summed E-state index contributed by atoms with van der Waals surface area (Å²) >= 11 is 0. The summed E-state index contributed by atoms with van der Waals surface area (Å²) in [4.78, 5) is 22.3. The van der Waals surface area contributed by atoms with Crippen LogP contribution in [0.3, 0.4) is 0 Å². The number of benzene rings is 1. The quantitative estimate of drug-likeness (QED) is 0.658. The molecule has 0 aromatic heterocycles. The third-order valence-corrected chi connectivity index (χ3v) is 1.94. The van der Waals surface area contributed by atoms with Crippen LogP contribution in [0.5, 0.6) is 0 Å². The number of carbonyl (C=O) groups excluding carboxylic acids is 2. The molecule has 0 atom stereocenters. The number of hydrogen-bond acceptors (Lipinski definition) is 3. The first-order valence-electron chi connectivity index (χ1n) is 5.04. The molecule has 18 heavy (non-hydrogen) atoms. The number of halogens is 3. The molecule has 0 unspecified atom stereocenters. The van der Waals surface area contributed by atoms with E-state index in [2.05, 4.69) is 10.1 Å². The highest BCUT2D eigenvalue weighted by molar-refractivity contribution is 5.95. The Balaban J connectivity index is 2.70. The Morgan fingerprint density at radius 1 is 1.22 bits per heavy atom. The summed E-state index contributed by atoms with van der Waals surface area (Å²) < 4.78 is 42.8. The second-order valence-electron chi connectivity index (χ2n) is 3.24. The molecule has 1 aromatic carbocycles. The first-order valence-corrected chi connectivity index (χ1v) is 5.04. The first-order chi connectivity index (χ1) is 8.45. The molecule has 4 nitrogen and oxygen atoms in total. The van der Waals surface area contributed by atoms with Crippen LogP contribution >= 0.6 is 0 Å². The summed E-state index contributed by atoms with van der Waals surface area (Å²) in [5, 5.41) is 2.09. The van der Waals surface area contributed by atoms with E-state index >= 15 is 0 Å². The topological polar surface area (TPSA) is 55.4 Å². The maximum Gasteiger partial charge on any atom is 0.325 e. The molecule has 0 saturated heterocycles. The molecule has 0 aliphatic rings. The minimum Gasteiger partial charge on any atom is -0.465 e. The van der Waals surface area contributed by atoms with Crippen LogP contribution in [0.15, 0.2) is 12.1 Å². The van der Waals surface area contributed by atoms with Gasteiger partial charge in [-0.1, -0.05) is 0 Å². The van der Waals surface area contributed by atoms with Crippen LogP contribution in [0.4, 0.5) is 13.2 Å². The molecule has 0 heterocycles. The zero-order chi connectivity index (χ0) is 13.7. The van der Waals surface area contributed by atoms with Crippen LogP contribution in [-0.2, 0) is 9.53 Å². The Kier molecular flexibility index (Phi) is 4.70. The molecular weight excluding hydrogens is 251 g/mol. The van der Waals surface area contributed by atoms with E-state index in [1.54, 1.807) is 6.92 Å². The van der Waals surface area contributed by atoms with Gasteiger partial charge in [0.15, 0.2) is 17.5 Å². The van der Waals surface area contributed by atoms with E-state index in [4.69, 9.17) is 0 Å². The van der Waals surface area contributed by atoms with E-state index in [1.807, 2.05) is 0 Å². The zero-order valence-corrected chi connectivity index (χ0v) is 9.43. The average molecular weight is 261 g/mol. The van der Waals surface area contributed by atoms with Crippen LogP contribution in [0.2, 0.25) is 0 Å². The van der Waals surface area contributed by atoms with Crippen molar-refractivity contribution in [1.29, 1.82) is 0 Å². The smallest absolute Gasteiger partial charge is 0.325 e. The number of nitrogens with one attached hydrogen (secondary N) is 1. The lowest BCUT2D eigenvalue weighted by atomic mass is 10.2. The summed E-state index contributed by atoms with van der Waals surface area (Å²) in [5.74, 6) is -6.20. The van der Waals surface area contributed by atoms with Crippen LogP contribution < -0.4 is 5.32 Å². The monoisotopic (exact) mass is 261 g/mol. The van der Waals surface area contributed by atoms with Crippen LogP contribution in [-0.4, -0.2) is 25.0 Å². The van der Waals surface area contributed by atoms with Crippen LogP contribution in [0.25, 0.3) is 0 Å². The van der Waals surface area contributed by atoms with Crippen LogP contribution in [0, 0.1) is 17.5 Å². The molecule has 0 radical (unpaired) electrons. The summed E-state index contributed by atoms with van der Waals surface area (Å²) in [7, 11) is 0.